The minimum absolute atomic E-state index is 0.540. The Kier molecular flexibility index (Phi) is 4.36. The minimum atomic E-state index is -0.581. The lowest BCUT2D eigenvalue weighted by molar-refractivity contribution is 0.178. The Bertz CT molecular complexity index is 528. The second kappa shape index (κ2) is 6.20. The van der Waals surface area contributed by atoms with Gasteiger partial charge in [-0.3, -0.25) is 4.98 Å². The zero-order chi connectivity index (χ0) is 13.7. The largest absolute Gasteiger partial charge is 0.493 e. The Morgan fingerprint density at radius 1 is 1.05 bits per heavy atom. The summed E-state index contributed by atoms with van der Waals surface area (Å²) in [5.74, 6) is 1.27. The molecule has 19 heavy (non-hydrogen) atoms. The predicted molar refractivity (Wildman–Crippen MR) is 72.4 cm³/mol. The molecule has 0 aliphatic heterocycles. The number of benzene rings is 1. The lowest BCUT2D eigenvalue weighted by atomic mass is 10.0. The average molecular weight is 259 g/mol. The first-order valence-corrected chi connectivity index (χ1v) is 6.03. The summed E-state index contributed by atoms with van der Waals surface area (Å²) < 4.78 is 10.4. The smallest absolute Gasteiger partial charge is 0.161 e. The number of hydrogen-bond donors (Lipinski definition) is 1. The van der Waals surface area contributed by atoms with Gasteiger partial charge >= 0.3 is 0 Å². The van der Waals surface area contributed by atoms with E-state index in [4.69, 9.17) is 9.47 Å². The Balaban J connectivity index is 2.17. The van der Waals surface area contributed by atoms with Crippen molar-refractivity contribution >= 4 is 0 Å². The van der Waals surface area contributed by atoms with Crippen molar-refractivity contribution in [2.75, 3.05) is 14.2 Å². The molecule has 1 unspecified atom stereocenters. The van der Waals surface area contributed by atoms with Crippen LogP contribution in [0.5, 0.6) is 11.5 Å². The van der Waals surface area contributed by atoms with Crippen molar-refractivity contribution in [2.24, 2.45) is 0 Å². The average Bonchev–Trinajstić information content (AvgIpc) is 2.47. The normalized spacial score (nSPS) is 11.9. The number of aliphatic hydroxyl groups excluding tert-OH is 1. The van der Waals surface area contributed by atoms with Crippen LogP contribution in [0, 0.1) is 0 Å². The monoisotopic (exact) mass is 259 g/mol. The van der Waals surface area contributed by atoms with Crippen LogP contribution < -0.4 is 9.47 Å². The zero-order valence-corrected chi connectivity index (χ0v) is 11.0. The third-order valence-corrected chi connectivity index (χ3v) is 2.97. The molecule has 100 valence electrons. The third-order valence-electron chi connectivity index (χ3n) is 2.97. The van der Waals surface area contributed by atoms with Crippen LogP contribution in [-0.2, 0) is 6.42 Å². The molecule has 0 aliphatic rings. The number of methoxy groups -OCH3 is 2. The molecule has 1 aromatic heterocycles. The van der Waals surface area contributed by atoms with E-state index in [0.29, 0.717) is 17.9 Å². The molecule has 0 spiro atoms. The fourth-order valence-electron chi connectivity index (χ4n) is 1.92. The quantitative estimate of drug-likeness (QED) is 0.895. The summed E-state index contributed by atoms with van der Waals surface area (Å²) in [5.41, 5.74) is 1.84. The maximum atomic E-state index is 10.2. The molecule has 0 aliphatic carbocycles. The molecule has 1 aromatic carbocycles. The van der Waals surface area contributed by atoms with Crippen molar-refractivity contribution in [3.8, 4) is 11.5 Å². The summed E-state index contributed by atoms with van der Waals surface area (Å²) in [5, 5.41) is 10.2. The molecule has 4 nitrogen and oxygen atoms in total. The van der Waals surface area contributed by atoms with Gasteiger partial charge in [0.25, 0.3) is 0 Å². The van der Waals surface area contributed by atoms with E-state index in [0.717, 1.165) is 11.1 Å². The Hall–Kier alpha value is -2.07. The maximum absolute atomic E-state index is 10.2. The molecule has 0 fully saturated rings. The maximum Gasteiger partial charge on any atom is 0.161 e. The number of nitrogens with zero attached hydrogens (tertiary/aromatic N) is 1. The van der Waals surface area contributed by atoms with Crippen molar-refractivity contribution in [3.05, 3.63) is 53.9 Å². The van der Waals surface area contributed by atoms with Crippen LogP contribution in [0.15, 0.2) is 42.7 Å². The zero-order valence-electron chi connectivity index (χ0n) is 11.0. The van der Waals surface area contributed by atoms with Gasteiger partial charge < -0.3 is 14.6 Å². The van der Waals surface area contributed by atoms with Crippen molar-refractivity contribution < 1.29 is 14.6 Å². The van der Waals surface area contributed by atoms with Crippen LogP contribution in [-0.4, -0.2) is 24.3 Å². The third kappa shape index (κ3) is 3.23. The predicted octanol–water partition coefficient (Wildman–Crippen LogP) is 2.37. The van der Waals surface area contributed by atoms with Crippen molar-refractivity contribution in [2.45, 2.75) is 12.5 Å². The number of aliphatic hydroxyl groups is 1. The van der Waals surface area contributed by atoms with Crippen LogP contribution >= 0.6 is 0 Å². The molecule has 0 saturated carbocycles. The number of rotatable bonds is 5. The molecule has 2 rings (SSSR count). The summed E-state index contributed by atoms with van der Waals surface area (Å²) in [4.78, 5) is 3.96. The summed E-state index contributed by atoms with van der Waals surface area (Å²) >= 11 is 0. The number of pyridine rings is 1. The summed E-state index contributed by atoms with van der Waals surface area (Å²) in [6.07, 6.45) is 3.40. The van der Waals surface area contributed by atoms with Gasteiger partial charge in [0.2, 0.25) is 0 Å². The van der Waals surface area contributed by atoms with Gasteiger partial charge in [-0.25, -0.2) is 0 Å². The van der Waals surface area contributed by atoms with Crippen molar-refractivity contribution in [3.63, 3.8) is 0 Å². The van der Waals surface area contributed by atoms with E-state index in [1.165, 1.54) is 0 Å². The molecular weight excluding hydrogens is 242 g/mol. The lowest BCUT2D eigenvalue weighted by Crippen LogP contribution is -2.03. The molecule has 4 heteroatoms. The Morgan fingerprint density at radius 2 is 1.74 bits per heavy atom. The highest BCUT2D eigenvalue weighted by atomic mass is 16.5. The van der Waals surface area contributed by atoms with Gasteiger partial charge in [-0.15, -0.1) is 0 Å². The van der Waals surface area contributed by atoms with E-state index in [9.17, 15) is 5.11 Å². The molecule has 0 bridgehead atoms. The fraction of sp³-hybridized carbons (Fsp3) is 0.267. The first-order chi connectivity index (χ1) is 9.24. The van der Waals surface area contributed by atoms with E-state index in [2.05, 4.69) is 4.98 Å². The molecule has 1 heterocycles. The lowest BCUT2D eigenvalue weighted by Gasteiger charge is -2.14. The Morgan fingerprint density at radius 3 is 2.37 bits per heavy atom. The first kappa shape index (κ1) is 13.4. The van der Waals surface area contributed by atoms with Crippen LogP contribution in [0.3, 0.4) is 0 Å². The van der Waals surface area contributed by atoms with E-state index >= 15 is 0 Å². The second-order valence-electron chi connectivity index (χ2n) is 4.19. The van der Waals surface area contributed by atoms with Crippen LogP contribution in [0.2, 0.25) is 0 Å². The van der Waals surface area contributed by atoms with Crippen molar-refractivity contribution in [1.29, 1.82) is 0 Å². The molecular formula is C15H17NO3. The highest BCUT2D eigenvalue weighted by Crippen LogP contribution is 2.30. The van der Waals surface area contributed by atoms with Crippen LogP contribution in [0.4, 0.5) is 0 Å². The SMILES string of the molecule is COc1ccc(C(O)Cc2ccncc2)cc1OC. The summed E-state index contributed by atoms with van der Waals surface area (Å²) in [7, 11) is 3.17. The number of hydrogen-bond acceptors (Lipinski definition) is 4. The summed E-state index contributed by atoms with van der Waals surface area (Å²) in [6, 6.07) is 9.22. The molecule has 1 N–H and O–H groups in total. The molecule has 1 atom stereocenters. The van der Waals surface area contributed by atoms with Crippen LogP contribution in [0.1, 0.15) is 17.2 Å². The van der Waals surface area contributed by atoms with Crippen molar-refractivity contribution in [1.82, 2.24) is 4.98 Å². The van der Waals surface area contributed by atoms with E-state index in [1.54, 1.807) is 38.7 Å². The van der Waals surface area contributed by atoms with Gasteiger partial charge in [0.15, 0.2) is 11.5 Å². The van der Waals surface area contributed by atoms with E-state index < -0.39 is 6.10 Å². The topological polar surface area (TPSA) is 51.6 Å². The number of ether oxygens (including phenoxy) is 2. The summed E-state index contributed by atoms with van der Waals surface area (Å²) in [6.45, 7) is 0. The second-order valence-corrected chi connectivity index (χ2v) is 4.19. The van der Waals surface area contributed by atoms with Gasteiger partial charge in [0.05, 0.1) is 20.3 Å². The molecule has 0 radical (unpaired) electrons. The van der Waals surface area contributed by atoms with Gasteiger partial charge in [-0.2, -0.15) is 0 Å². The van der Waals surface area contributed by atoms with Gasteiger partial charge in [0.1, 0.15) is 0 Å². The highest BCUT2D eigenvalue weighted by molar-refractivity contribution is 5.43. The van der Waals surface area contributed by atoms with Gasteiger partial charge in [-0.05, 0) is 35.4 Å². The highest BCUT2D eigenvalue weighted by Gasteiger charge is 2.12. The fourth-order valence-corrected chi connectivity index (χ4v) is 1.92. The molecule has 0 amide bonds. The Labute approximate surface area is 112 Å². The van der Waals surface area contributed by atoms with Gasteiger partial charge in [0, 0.05) is 18.8 Å². The standard InChI is InChI=1S/C15H17NO3/c1-18-14-4-3-12(10-15(14)19-2)13(17)9-11-5-7-16-8-6-11/h3-8,10,13,17H,9H2,1-2H3. The van der Waals surface area contributed by atoms with E-state index in [-0.39, 0.29) is 0 Å². The first-order valence-electron chi connectivity index (χ1n) is 6.03. The number of aromatic nitrogens is 1. The van der Waals surface area contributed by atoms with Gasteiger partial charge in [-0.1, -0.05) is 6.07 Å². The molecule has 2 aromatic rings. The van der Waals surface area contributed by atoms with Crippen LogP contribution in [0.25, 0.3) is 0 Å². The molecule has 0 saturated heterocycles. The minimum Gasteiger partial charge on any atom is -0.493 e. The van der Waals surface area contributed by atoms with E-state index in [1.807, 2.05) is 18.2 Å².